The zero-order chi connectivity index (χ0) is 10.1. The van der Waals surface area contributed by atoms with Crippen molar-refractivity contribution < 1.29 is 8.78 Å². The van der Waals surface area contributed by atoms with Crippen LogP contribution in [0.25, 0.3) is 10.9 Å². The summed E-state index contributed by atoms with van der Waals surface area (Å²) in [5, 5.41) is 0.980. The van der Waals surface area contributed by atoms with E-state index in [1.165, 1.54) is 0 Å². The molecule has 0 N–H and O–H groups in total. The van der Waals surface area contributed by atoms with Crippen LogP contribution in [0.4, 0.5) is 8.78 Å². The lowest BCUT2D eigenvalue weighted by Gasteiger charge is -2.03. The van der Waals surface area contributed by atoms with Gasteiger partial charge in [-0.05, 0) is 23.6 Å². The van der Waals surface area contributed by atoms with Crippen LogP contribution in [0.1, 0.15) is 0 Å². The molecule has 0 saturated carbocycles. The van der Waals surface area contributed by atoms with E-state index in [0.717, 1.165) is 15.4 Å². The second-order valence-electron chi connectivity index (χ2n) is 3.06. The minimum atomic E-state index is -2.32. The van der Waals surface area contributed by atoms with Crippen molar-refractivity contribution in [2.24, 2.45) is 0 Å². The van der Waals surface area contributed by atoms with Gasteiger partial charge in [0, 0.05) is 16.2 Å². The van der Waals surface area contributed by atoms with E-state index in [0.29, 0.717) is 0 Å². The van der Waals surface area contributed by atoms with Crippen molar-refractivity contribution in [1.82, 2.24) is 4.57 Å². The number of alkyl halides is 2. The summed E-state index contributed by atoms with van der Waals surface area (Å²) in [4.78, 5) is 0. The van der Waals surface area contributed by atoms with Crippen LogP contribution in [0.3, 0.4) is 0 Å². The number of hydrogen-bond acceptors (Lipinski definition) is 0. The van der Waals surface area contributed by atoms with E-state index in [-0.39, 0.29) is 6.54 Å². The SMILES string of the molecule is FC(F)Cn1ccc2ccc(Br)cc21. The van der Waals surface area contributed by atoms with Gasteiger partial charge in [0.2, 0.25) is 0 Å². The van der Waals surface area contributed by atoms with Crippen molar-refractivity contribution in [3.05, 3.63) is 34.9 Å². The lowest BCUT2D eigenvalue weighted by atomic mass is 10.2. The Morgan fingerprint density at radius 2 is 2.07 bits per heavy atom. The van der Waals surface area contributed by atoms with E-state index in [2.05, 4.69) is 15.9 Å². The summed E-state index contributed by atoms with van der Waals surface area (Å²) in [5.41, 5.74) is 0.833. The van der Waals surface area contributed by atoms with Gasteiger partial charge in [0.15, 0.2) is 0 Å². The summed E-state index contributed by atoms with van der Waals surface area (Å²) in [7, 11) is 0. The average Bonchev–Trinajstić information content (AvgIpc) is 2.47. The van der Waals surface area contributed by atoms with Gasteiger partial charge in [0.1, 0.15) is 0 Å². The molecular weight excluding hydrogens is 252 g/mol. The van der Waals surface area contributed by atoms with E-state index in [1.54, 1.807) is 10.8 Å². The molecule has 0 amide bonds. The molecule has 0 radical (unpaired) electrons. The summed E-state index contributed by atoms with van der Waals surface area (Å²) in [6.45, 7) is -0.250. The molecule has 0 aliphatic rings. The number of hydrogen-bond donors (Lipinski definition) is 0. The van der Waals surface area contributed by atoms with Gasteiger partial charge < -0.3 is 4.57 Å². The lowest BCUT2D eigenvalue weighted by molar-refractivity contribution is 0.128. The van der Waals surface area contributed by atoms with Crippen LogP contribution >= 0.6 is 15.9 Å². The molecule has 0 unspecified atom stereocenters. The van der Waals surface area contributed by atoms with Crippen molar-refractivity contribution in [2.75, 3.05) is 0 Å². The number of fused-ring (bicyclic) bond motifs is 1. The van der Waals surface area contributed by atoms with Crippen molar-refractivity contribution in [3.8, 4) is 0 Å². The maximum Gasteiger partial charge on any atom is 0.256 e. The molecule has 0 atom stereocenters. The lowest BCUT2D eigenvalue weighted by Crippen LogP contribution is -2.04. The van der Waals surface area contributed by atoms with Gasteiger partial charge in [0.25, 0.3) is 6.43 Å². The largest absolute Gasteiger partial charge is 0.342 e. The van der Waals surface area contributed by atoms with Gasteiger partial charge in [-0.1, -0.05) is 22.0 Å². The first kappa shape index (κ1) is 9.65. The second-order valence-corrected chi connectivity index (χ2v) is 3.98. The Bertz CT molecular complexity index is 450. The molecule has 0 aliphatic carbocycles. The Morgan fingerprint density at radius 1 is 1.29 bits per heavy atom. The topological polar surface area (TPSA) is 4.93 Å². The highest BCUT2D eigenvalue weighted by Crippen LogP contribution is 2.21. The smallest absolute Gasteiger partial charge is 0.256 e. The molecule has 1 heterocycles. The highest BCUT2D eigenvalue weighted by molar-refractivity contribution is 9.10. The van der Waals surface area contributed by atoms with Crippen molar-refractivity contribution in [1.29, 1.82) is 0 Å². The third-order valence-corrected chi connectivity index (χ3v) is 2.56. The molecule has 2 rings (SSSR count). The van der Waals surface area contributed by atoms with Crippen molar-refractivity contribution in [3.63, 3.8) is 0 Å². The number of rotatable bonds is 2. The Labute approximate surface area is 88.5 Å². The minimum Gasteiger partial charge on any atom is -0.342 e. The third kappa shape index (κ3) is 1.80. The highest BCUT2D eigenvalue weighted by atomic mass is 79.9. The van der Waals surface area contributed by atoms with Crippen LogP contribution < -0.4 is 0 Å². The average molecular weight is 260 g/mol. The predicted molar refractivity (Wildman–Crippen MR) is 55.6 cm³/mol. The van der Waals surface area contributed by atoms with E-state index in [4.69, 9.17) is 0 Å². The van der Waals surface area contributed by atoms with Crippen LogP contribution in [-0.2, 0) is 6.54 Å². The van der Waals surface area contributed by atoms with Crippen molar-refractivity contribution in [2.45, 2.75) is 13.0 Å². The predicted octanol–water partition coefficient (Wildman–Crippen LogP) is 3.67. The van der Waals surface area contributed by atoms with Crippen LogP contribution in [0, 0.1) is 0 Å². The molecule has 2 aromatic rings. The first-order valence-electron chi connectivity index (χ1n) is 4.19. The summed E-state index contributed by atoms with van der Waals surface area (Å²) >= 11 is 3.32. The fourth-order valence-electron chi connectivity index (χ4n) is 1.46. The number of benzene rings is 1. The molecule has 1 nitrogen and oxygen atoms in total. The first-order valence-corrected chi connectivity index (χ1v) is 4.98. The minimum absolute atomic E-state index is 0.250. The van der Waals surface area contributed by atoms with Gasteiger partial charge in [-0.25, -0.2) is 8.78 Å². The zero-order valence-corrected chi connectivity index (χ0v) is 8.84. The normalized spacial score (nSPS) is 11.4. The molecule has 0 bridgehead atoms. The molecule has 1 aromatic heterocycles. The molecular formula is C10H8BrF2N. The Morgan fingerprint density at radius 3 is 2.79 bits per heavy atom. The molecule has 0 fully saturated rings. The van der Waals surface area contributed by atoms with Crippen LogP contribution in [0.15, 0.2) is 34.9 Å². The molecule has 0 saturated heterocycles. The standard InChI is InChI=1S/C10H8BrF2N/c11-8-2-1-7-3-4-14(6-10(12)13)9(7)5-8/h1-5,10H,6H2. The van der Waals surface area contributed by atoms with Crippen LogP contribution in [0.2, 0.25) is 0 Å². The maximum absolute atomic E-state index is 12.2. The van der Waals surface area contributed by atoms with E-state index in [1.807, 2.05) is 24.3 Å². The Kier molecular flexibility index (Phi) is 2.54. The highest BCUT2D eigenvalue weighted by Gasteiger charge is 2.06. The number of halogens is 3. The molecule has 4 heteroatoms. The monoisotopic (exact) mass is 259 g/mol. The molecule has 74 valence electrons. The third-order valence-electron chi connectivity index (χ3n) is 2.07. The number of nitrogens with zero attached hydrogens (tertiary/aromatic N) is 1. The van der Waals surface area contributed by atoms with Gasteiger partial charge in [-0.3, -0.25) is 0 Å². The first-order chi connectivity index (χ1) is 6.66. The van der Waals surface area contributed by atoms with Crippen LogP contribution in [0.5, 0.6) is 0 Å². The molecule has 0 spiro atoms. The van der Waals surface area contributed by atoms with E-state index < -0.39 is 6.43 Å². The quantitative estimate of drug-likeness (QED) is 0.776. The van der Waals surface area contributed by atoms with Crippen LogP contribution in [-0.4, -0.2) is 11.0 Å². The van der Waals surface area contributed by atoms with Gasteiger partial charge in [-0.15, -0.1) is 0 Å². The molecule has 1 aromatic carbocycles. The van der Waals surface area contributed by atoms with Crippen molar-refractivity contribution >= 4 is 26.8 Å². The maximum atomic E-state index is 12.2. The Balaban J connectivity index is 2.50. The fraction of sp³-hybridized carbons (Fsp3) is 0.200. The van der Waals surface area contributed by atoms with Gasteiger partial charge in [-0.2, -0.15) is 0 Å². The second kappa shape index (κ2) is 3.69. The van der Waals surface area contributed by atoms with Gasteiger partial charge in [0.05, 0.1) is 6.54 Å². The number of aromatic nitrogens is 1. The summed E-state index contributed by atoms with van der Waals surface area (Å²) < 4.78 is 26.9. The van der Waals surface area contributed by atoms with Gasteiger partial charge >= 0.3 is 0 Å². The Hall–Kier alpha value is -0.900. The molecule has 0 aliphatic heterocycles. The van der Waals surface area contributed by atoms with E-state index in [9.17, 15) is 8.78 Å². The summed E-state index contributed by atoms with van der Waals surface area (Å²) in [6, 6.07) is 7.48. The summed E-state index contributed by atoms with van der Waals surface area (Å²) in [6.07, 6.45) is -0.631. The van der Waals surface area contributed by atoms with E-state index >= 15 is 0 Å². The fourth-order valence-corrected chi connectivity index (χ4v) is 1.81. The zero-order valence-electron chi connectivity index (χ0n) is 7.25. The molecule has 14 heavy (non-hydrogen) atoms. The summed E-state index contributed by atoms with van der Waals surface area (Å²) in [5.74, 6) is 0.